The molecule has 1 aromatic carbocycles. The number of para-hydroxylation sites is 1. The second kappa shape index (κ2) is 6.34. The van der Waals surface area contributed by atoms with Crippen molar-refractivity contribution in [2.45, 2.75) is 44.9 Å². The highest BCUT2D eigenvalue weighted by molar-refractivity contribution is 5.82. The van der Waals surface area contributed by atoms with E-state index in [9.17, 15) is 9.59 Å². The summed E-state index contributed by atoms with van der Waals surface area (Å²) in [4.78, 5) is 26.1. The standard InChI is InChI=1S/C17H22N4O4/c1-17(2,3)25-16(23)20-10-11(9-14(20)15(22)24-4)21-13-8-6-5-7-12(13)18-19-21/h5-8,11,14H,9-10H2,1-4H3/t11-,14+/m1/s1. The van der Waals surface area contributed by atoms with E-state index < -0.39 is 23.7 Å². The molecule has 2 atom stereocenters. The van der Waals surface area contributed by atoms with Gasteiger partial charge >= 0.3 is 12.1 Å². The first-order valence-corrected chi connectivity index (χ1v) is 8.17. The van der Waals surface area contributed by atoms with Gasteiger partial charge in [-0.1, -0.05) is 17.3 Å². The van der Waals surface area contributed by atoms with Gasteiger partial charge in [0.15, 0.2) is 0 Å². The van der Waals surface area contributed by atoms with Gasteiger partial charge in [0.25, 0.3) is 0 Å². The molecule has 134 valence electrons. The smallest absolute Gasteiger partial charge is 0.411 e. The van der Waals surface area contributed by atoms with Gasteiger partial charge in [-0.3, -0.25) is 4.90 Å². The van der Waals surface area contributed by atoms with Crippen molar-refractivity contribution in [1.82, 2.24) is 19.9 Å². The molecule has 0 saturated carbocycles. The van der Waals surface area contributed by atoms with Crippen molar-refractivity contribution in [3.8, 4) is 0 Å². The summed E-state index contributed by atoms with van der Waals surface area (Å²) in [7, 11) is 1.31. The summed E-state index contributed by atoms with van der Waals surface area (Å²) < 4.78 is 12.1. The van der Waals surface area contributed by atoms with Crippen LogP contribution in [0.1, 0.15) is 33.2 Å². The lowest BCUT2D eigenvalue weighted by Crippen LogP contribution is -2.43. The zero-order chi connectivity index (χ0) is 18.2. The maximum absolute atomic E-state index is 12.5. The van der Waals surface area contributed by atoms with Crippen molar-refractivity contribution in [1.29, 1.82) is 0 Å². The largest absolute Gasteiger partial charge is 0.467 e. The van der Waals surface area contributed by atoms with Crippen LogP contribution in [0.4, 0.5) is 4.79 Å². The number of rotatable bonds is 2. The third-order valence-electron chi connectivity index (χ3n) is 4.10. The molecule has 8 heteroatoms. The van der Waals surface area contributed by atoms with Crippen LogP contribution in [0.5, 0.6) is 0 Å². The molecule has 3 rings (SSSR count). The molecule has 0 radical (unpaired) electrons. The Morgan fingerprint density at radius 3 is 2.64 bits per heavy atom. The molecule has 1 aliphatic rings. The zero-order valence-electron chi connectivity index (χ0n) is 14.8. The van der Waals surface area contributed by atoms with Crippen LogP contribution < -0.4 is 0 Å². The molecular weight excluding hydrogens is 324 g/mol. The van der Waals surface area contributed by atoms with Crippen molar-refractivity contribution in [3.05, 3.63) is 24.3 Å². The molecule has 1 aliphatic heterocycles. The van der Waals surface area contributed by atoms with Crippen LogP contribution in [-0.2, 0) is 14.3 Å². The minimum atomic E-state index is -0.701. The van der Waals surface area contributed by atoms with E-state index in [1.165, 1.54) is 12.0 Å². The number of hydrogen-bond donors (Lipinski definition) is 0. The molecule has 2 heterocycles. The Bertz CT molecular complexity index is 795. The number of nitrogens with zero attached hydrogens (tertiary/aromatic N) is 4. The summed E-state index contributed by atoms with van der Waals surface area (Å²) in [6.45, 7) is 5.67. The number of aromatic nitrogens is 3. The number of carbonyl (C=O) groups is 2. The van der Waals surface area contributed by atoms with Crippen LogP contribution in [-0.4, -0.2) is 57.3 Å². The van der Waals surface area contributed by atoms with Gasteiger partial charge in [0.1, 0.15) is 17.2 Å². The number of fused-ring (bicyclic) bond motifs is 1. The van der Waals surface area contributed by atoms with Gasteiger partial charge < -0.3 is 9.47 Å². The average molecular weight is 346 g/mol. The number of ether oxygens (including phenoxy) is 2. The Labute approximate surface area is 145 Å². The molecular formula is C17H22N4O4. The van der Waals surface area contributed by atoms with Crippen molar-refractivity contribution >= 4 is 23.1 Å². The SMILES string of the molecule is COC(=O)[C@@H]1C[C@@H](n2nnc3ccccc32)CN1C(=O)OC(C)(C)C. The summed E-state index contributed by atoms with van der Waals surface area (Å²) in [6, 6.07) is 6.70. The van der Waals surface area contributed by atoms with Crippen LogP contribution in [0.3, 0.4) is 0 Å². The highest BCUT2D eigenvalue weighted by atomic mass is 16.6. The third kappa shape index (κ3) is 3.42. The lowest BCUT2D eigenvalue weighted by molar-refractivity contribution is -0.145. The third-order valence-corrected chi connectivity index (χ3v) is 4.10. The normalized spacial score (nSPS) is 20.7. The highest BCUT2D eigenvalue weighted by Gasteiger charge is 2.43. The monoisotopic (exact) mass is 346 g/mol. The molecule has 1 fully saturated rings. The molecule has 0 bridgehead atoms. The first-order chi connectivity index (χ1) is 11.8. The van der Waals surface area contributed by atoms with Crippen molar-refractivity contribution in [2.24, 2.45) is 0 Å². The van der Waals surface area contributed by atoms with Crippen LogP contribution in [0, 0.1) is 0 Å². The summed E-state index contributed by atoms with van der Waals surface area (Å²) in [5.74, 6) is -0.460. The molecule has 0 aliphatic carbocycles. The molecule has 0 spiro atoms. The van der Waals surface area contributed by atoms with Gasteiger partial charge in [0.2, 0.25) is 0 Å². The van der Waals surface area contributed by atoms with E-state index >= 15 is 0 Å². The summed E-state index contributed by atoms with van der Waals surface area (Å²) >= 11 is 0. The van der Waals surface area contributed by atoms with Crippen LogP contribution in [0.15, 0.2) is 24.3 Å². The maximum atomic E-state index is 12.5. The van der Waals surface area contributed by atoms with Crippen molar-refractivity contribution in [2.75, 3.05) is 13.7 Å². The van der Waals surface area contributed by atoms with E-state index in [2.05, 4.69) is 10.3 Å². The Kier molecular flexibility index (Phi) is 4.36. The van der Waals surface area contributed by atoms with Crippen LogP contribution in [0.25, 0.3) is 11.0 Å². The van der Waals surface area contributed by atoms with E-state index in [0.29, 0.717) is 13.0 Å². The number of likely N-dealkylation sites (tertiary alicyclic amines) is 1. The highest BCUT2D eigenvalue weighted by Crippen LogP contribution is 2.31. The van der Waals surface area contributed by atoms with Crippen LogP contribution >= 0.6 is 0 Å². The van der Waals surface area contributed by atoms with Crippen LogP contribution in [0.2, 0.25) is 0 Å². The van der Waals surface area contributed by atoms with E-state index in [1.807, 2.05) is 24.3 Å². The summed E-state index contributed by atoms with van der Waals surface area (Å²) in [5, 5.41) is 8.35. The first-order valence-electron chi connectivity index (χ1n) is 8.17. The molecule has 1 amide bonds. The minimum Gasteiger partial charge on any atom is -0.467 e. The molecule has 1 saturated heterocycles. The van der Waals surface area contributed by atoms with Crippen molar-refractivity contribution < 1.29 is 19.1 Å². The lowest BCUT2D eigenvalue weighted by atomic mass is 10.1. The first kappa shape index (κ1) is 17.2. The lowest BCUT2D eigenvalue weighted by Gasteiger charge is -2.27. The van der Waals surface area contributed by atoms with Gasteiger partial charge in [0.05, 0.1) is 18.7 Å². The number of amides is 1. The van der Waals surface area contributed by atoms with E-state index in [1.54, 1.807) is 25.5 Å². The predicted octanol–water partition coefficient (Wildman–Crippen LogP) is 2.15. The fourth-order valence-corrected chi connectivity index (χ4v) is 3.03. The second-order valence-electron chi connectivity index (χ2n) is 7.08. The fourth-order valence-electron chi connectivity index (χ4n) is 3.03. The fraction of sp³-hybridized carbons (Fsp3) is 0.529. The van der Waals surface area contributed by atoms with E-state index in [0.717, 1.165) is 11.0 Å². The predicted molar refractivity (Wildman–Crippen MR) is 89.9 cm³/mol. The number of methoxy groups -OCH3 is 1. The Morgan fingerprint density at radius 1 is 1.24 bits per heavy atom. The molecule has 8 nitrogen and oxygen atoms in total. The minimum absolute atomic E-state index is 0.177. The number of esters is 1. The van der Waals surface area contributed by atoms with Gasteiger partial charge in [-0.25, -0.2) is 14.3 Å². The van der Waals surface area contributed by atoms with Gasteiger partial charge in [0, 0.05) is 13.0 Å². The number of hydrogen-bond acceptors (Lipinski definition) is 6. The number of benzene rings is 1. The summed E-state index contributed by atoms with van der Waals surface area (Å²) in [5.41, 5.74) is 0.991. The van der Waals surface area contributed by atoms with Gasteiger partial charge in [-0.2, -0.15) is 0 Å². The number of carbonyl (C=O) groups excluding carboxylic acids is 2. The van der Waals surface area contributed by atoms with Gasteiger partial charge in [-0.15, -0.1) is 5.10 Å². The van der Waals surface area contributed by atoms with Crippen molar-refractivity contribution in [3.63, 3.8) is 0 Å². The Balaban J connectivity index is 1.89. The average Bonchev–Trinajstić information content (AvgIpc) is 3.16. The molecule has 1 aromatic heterocycles. The molecule has 0 N–H and O–H groups in total. The van der Waals surface area contributed by atoms with E-state index in [-0.39, 0.29) is 6.04 Å². The quantitative estimate of drug-likeness (QED) is 0.775. The second-order valence-corrected chi connectivity index (χ2v) is 7.08. The summed E-state index contributed by atoms with van der Waals surface area (Å²) in [6.07, 6.45) is -0.131. The Hall–Kier alpha value is -2.64. The molecule has 25 heavy (non-hydrogen) atoms. The topological polar surface area (TPSA) is 86.6 Å². The van der Waals surface area contributed by atoms with E-state index in [4.69, 9.17) is 9.47 Å². The van der Waals surface area contributed by atoms with Gasteiger partial charge in [-0.05, 0) is 32.9 Å². The maximum Gasteiger partial charge on any atom is 0.411 e. The zero-order valence-corrected chi connectivity index (χ0v) is 14.8. The molecule has 2 aromatic rings. The molecule has 0 unspecified atom stereocenters. The Morgan fingerprint density at radius 2 is 1.96 bits per heavy atom.